The summed E-state index contributed by atoms with van der Waals surface area (Å²) in [6.45, 7) is 3.17. The molecule has 0 spiro atoms. The third-order valence-electron chi connectivity index (χ3n) is 2.32. The molecule has 1 saturated heterocycles. The van der Waals surface area contributed by atoms with Gasteiger partial charge >= 0.3 is 0 Å². The fourth-order valence-corrected chi connectivity index (χ4v) is 1.66. The number of nitrogens with zero attached hydrogens (tertiary/aromatic N) is 3. The SMILES string of the molecule is Cn1ccc(C(=O)N2CC(C)(N)C2)n1. The number of aryl methyl sites for hydroxylation is 1. The summed E-state index contributed by atoms with van der Waals surface area (Å²) in [6, 6.07) is 1.72. The molecule has 2 N–H and O–H groups in total. The largest absolute Gasteiger partial charge is 0.333 e. The van der Waals surface area contributed by atoms with E-state index in [1.165, 1.54) is 0 Å². The Morgan fingerprint density at radius 3 is 2.71 bits per heavy atom. The number of amides is 1. The highest BCUT2D eigenvalue weighted by atomic mass is 16.2. The van der Waals surface area contributed by atoms with Gasteiger partial charge in [-0.3, -0.25) is 9.48 Å². The Balaban J connectivity index is 2.04. The van der Waals surface area contributed by atoms with Crippen LogP contribution in [0.15, 0.2) is 12.3 Å². The van der Waals surface area contributed by atoms with E-state index in [9.17, 15) is 4.79 Å². The van der Waals surface area contributed by atoms with Gasteiger partial charge in [-0.15, -0.1) is 0 Å². The van der Waals surface area contributed by atoms with E-state index in [-0.39, 0.29) is 11.4 Å². The Bertz CT molecular complexity index is 361. The number of carbonyl (C=O) groups is 1. The van der Waals surface area contributed by atoms with E-state index in [1.807, 2.05) is 6.92 Å². The first kappa shape index (κ1) is 9.21. The molecule has 76 valence electrons. The van der Waals surface area contributed by atoms with Crippen LogP contribution in [-0.2, 0) is 7.05 Å². The van der Waals surface area contributed by atoms with Crippen LogP contribution in [0.3, 0.4) is 0 Å². The fourth-order valence-electron chi connectivity index (χ4n) is 1.66. The lowest BCUT2D eigenvalue weighted by Gasteiger charge is -2.45. The number of hydrogen-bond donors (Lipinski definition) is 1. The molecular weight excluding hydrogens is 180 g/mol. The molecule has 14 heavy (non-hydrogen) atoms. The zero-order valence-electron chi connectivity index (χ0n) is 8.40. The van der Waals surface area contributed by atoms with Crippen molar-refractivity contribution in [1.29, 1.82) is 0 Å². The molecule has 2 heterocycles. The van der Waals surface area contributed by atoms with Crippen molar-refractivity contribution >= 4 is 5.91 Å². The molecule has 0 unspecified atom stereocenters. The summed E-state index contributed by atoms with van der Waals surface area (Å²) < 4.78 is 1.62. The van der Waals surface area contributed by atoms with Crippen molar-refractivity contribution in [3.63, 3.8) is 0 Å². The molecule has 1 aromatic heterocycles. The number of rotatable bonds is 1. The second-order valence-electron chi connectivity index (χ2n) is 4.19. The minimum Gasteiger partial charge on any atom is -0.333 e. The van der Waals surface area contributed by atoms with Crippen LogP contribution in [0.25, 0.3) is 0 Å². The van der Waals surface area contributed by atoms with Gasteiger partial charge in [-0.25, -0.2) is 0 Å². The minimum atomic E-state index is -0.218. The highest BCUT2D eigenvalue weighted by Crippen LogP contribution is 2.19. The van der Waals surface area contributed by atoms with Gasteiger partial charge in [-0.05, 0) is 13.0 Å². The van der Waals surface area contributed by atoms with Crippen LogP contribution in [-0.4, -0.2) is 39.2 Å². The summed E-state index contributed by atoms with van der Waals surface area (Å²) in [5, 5.41) is 4.05. The van der Waals surface area contributed by atoms with E-state index in [4.69, 9.17) is 5.73 Å². The Morgan fingerprint density at radius 2 is 2.29 bits per heavy atom. The normalized spacial score (nSPS) is 19.2. The van der Waals surface area contributed by atoms with E-state index in [2.05, 4.69) is 5.10 Å². The maximum atomic E-state index is 11.7. The second kappa shape index (κ2) is 2.81. The topological polar surface area (TPSA) is 64.2 Å². The summed E-state index contributed by atoms with van der Waals surface area (Å²) in [5.41, 5.74) is 6.08. The molecule has 0 radical (unpaired) electrons. The van der Waals surface area contributed by atoms with Gasteiger partial charge in [0.1, 0.15) is 5.69 Å². The van der Waals surface area contributed by atoms with Gasteiger partial charge in [-0.1, -0.05) is 0 Å². The molecule has 5 nitrogen and oxygen atoms in total. The maximum Gasteiger partial charge on any atom is 0.274 e. The molecule has 0 saturated carbocycles. The molecule has 5 heteroatoms. The first-order valence-corrected chi connectivity index (χ1v) is 4.56. The Kier molecular flexibility index (Phi) is 1.85. The van der Waals surface area contributed by atoms with Crippen LogP contribution in [0, 0.1) is 0 Å². The first-order chi connectivity index (χ1) is 6.48. The standard InChI is InChI=1S/C9H14N4O/c1-9(10)5-13(6-9)8(14)7-3-4-12(2)11-7/h3-4H,5-6,10H2,1-2H3. The van der Waals surface area contributed by atoms with Crippen molar-refractivity contribution in [3.8, 4) is 0 Å². The molecule has 1 aliphatic rings. The molecule has 0 atom stereocenters. The minimum absolute atomic E-state index is 0.0338. The van der Waals surface area contributed by atoms with Crippen LogP contribution in [0.2, 0.25) is 0 Å². The van der Waals surface area contributed by atoms with Gasteiger partial charge in [0.05, 0.1) is 0 Å². The Labute approximate surface area is 82.5 Å². The number of hydrogen-bond acceptors (Lipinski definition) is 3. The fraction of sp³-hybridized carbons (Fsp3) is 0.556. The van der Waals surface area contributed by atoms with Gasteiger partial charge in [0.25, 0.3) is 5.91 Å². The van der Waals surface area contributed by atoms with E-state index >= 15 is 0 Å². The van der Waals surface area contributed by atoms with Crippen LogP contribution in [0.5, 0.6) is 0 Å². The average Bonchev–Trinajstić information content (AvgIpc) is 2.46. The van der Waals surface area contributed by atoms with Crippen LogP contribution < -0.4 is 5.73 Å². The molecule has 0 aromatic carbocycles. The van der Waals surface area contributed by atoms with Gasteiger partial charge in [0, 0.05) is 31.9 Å². The second-order valence-corrected chi connectivity index (χ2v) is 4.19. The molecular formula is C9H14N4O. The summed E-state index contributed by atoms with van der Waals surface area (Å²) >= 11 is 0. The number of carbonyl (C=O) groups excluding carboxylic acids is 1. The van der Waals surface area contributed by atoms with Crippen molar-refractivity contribution in [2.24, 2.45) is 12.8 Å². The summed E-state index contributed by atoms with van der Waals surface area (Å²) in [5.74, 6) is -0.0338. The summed E-state index contributed by atoms with van der Waals surface area (Å²) in [7, 11) is 1.79. The lowest BCUT2D eigenvalue weighted by Crippen LogP contribution is -2.66. The van der Waals surface area contributed by atoms with E-state index in [1.54, 1.807) is 28.9 Å². The molecule has 1 amide bonds. The van der Waals surface area contributed by atoms with Gasteiger partial charge in [0.2, 0.25) is 0 Å². The van der Waals surface area contributed by atoms with E-state index < -0.39 is 0 Å². The number of nitrogens with two attached hydrogens (primary N) is 1. The van der Waals surface area contributed by atoms with Gasteiger partial charge < -0.3 is 10.6 Å². The third kappa shape index (κ3) is 1.50. The van der Waals surface area contributed by atoms with E-state index in [0.29, 0.717) is 18.8 Å². The van der Waals surface area contributed by atoms with Crippen LogP contribution >= 0.6 is 0 Å². The predicted molar refractivity (Wildman–Crippen MR) is 51.7 cm³/mol. The monoisotopic (exact) mass is 194 g/mol. The molecule has 2 rings (SSSR count). The molecule has 0 bridgehead atoms. The quantitative estimate of drug-likeness (QED) is 0.661. The molecule has 1 fully saturated rings. The molecule has 1 aliphatic heterocycles. The lowest BCUT2D eigenvalue weighted by atomic mass is 9.93. The van der Waals surface area contributed by atoms with Crippen molar-refractivity contribution in [2.75, 3.05) is 13.1 Å². The first-order valence-electron chi connectivity index (χ1n) is 4.56. The van der Waals surface area contributed by atoms with Crippen LogP contribution in [0.4, 0.5) is 0 Å². The smallest absolute Gasteiger partial charge is 0.274 e. The average molecular weight is 194 g/mol. The van der Waals surface area contributed by atoms with E-state index in [0.717, 1.165) is 0 Å². The van der Waals surface area contributed by atoms with Gasteiger partial charge in [-0.2, -0.15) is 5.10 Å². The Morgan fingerprint density at radius 1 is 1.64 bits per heavy atom. The Hall–Kier alpha value is -1.36. The highest BCUT2D eigenvalue weighted by Gasteiger charge is 2.38. The van der Waals surface area contributed by atoms with Crippen molar-refractivity contribution in [1.82, 2.24) is 14.7 Å². The molecule has 0 aliphatic carbocycles. The van der Waals surface area contributed by atoms with Crippen molar-refractivity contribution in [3.05, 3.63) is 18.0 Å². The summed E-state index contributed by atoms with van der Waals surface area (Å²) in [4.78, 5) is 13.4. The maximum absolute atomic E-state index is 11.7. The zero-order valence-corrected chi connectivity index (χ0v) is 8.40. The number of likely N-dealkylation sites (tertiary alicyclic amines) is 1. The summed E-state index contributed by atoms with van der Waals surface area (Å²) in [6.07, 6.45) is 1.76. The lowest BCUT2D eigenvalue weighted by molar-refractivity contribution is 0.0447. The zero-order chi connectivity index (χ0) is 10.3. The van der Waals surface area contributed by atoms with Crippen molar-refractivity contribution < 1.29 is 4.79 Å². The van der Waals surface area contributed by atoms with Gasteiger partial charge in [0.15, 0.2) is 0 Å². The number of aromatic nitrogens is 2. The van der Waals surface area contributed by atoms with Crippen molar-refractivity contribution in [2.45, 2.75) is 12.5 Å². The third-order valence-corrected chi connectivity index (χ3v) is 2.32. The highest BCUT2D eigenvalue weighted by molar-refractivity contribution is 5.93. The predicted octanol–water partition coefficient (Wildman–Crippen LogP) is -0.407. The van der Waals surface area contributed by atoms with Crippen LogP contribution in [0.1, 0.15) is 17.4 Å². The molecule has 1 aromatic rings.